The molecule has 0 aliphatic heterocycles. The average Bonchev–Trinajstić information content (AvgIpc) is 2.74. The van der Waals surface area contributed by atoms with Crippen LogP contribution >= 0.6 is 15.9 Å². The summed E-state index contributed by atoms with van der Waals surface area (Å²) in [6, 6.07) is 14.7. The lowest BCUT2D eigenvalue weighted by atomic mass is 10.1. The van der Waals surface area contributed by atoms with Gasteiger partial charge >= 0.3 is 5.97 Å². The lowest BCUT2D eigenvalue weighted by molar-refractivity contribution is -0.385. The summed E-state index contributed by atoms with van der Waals surface area (Å²) in [4.78, 5) is 24.9. The summed E-state index contributed by atoms with van der Waals surface area (Å²) in [6.45, 7) is 0.291. The van der Waals surface area contributed by atoms with Crippen LogP contribution < -0.4 is 10.2 Å². The second kappa shape index (κ2) is 9.61. The second-order valence-corrected chi connectivity index (χ2v) is 6.86. The predicted octanol–water partition coefficient (Wildman–Crippen LogP) is 4.48. The van der Waals surface area contributed by atoms with Crippen molar-refractivity contribution >= 4 is 39.6 Å². The SMILES string of the molecule is O=C(O)c1ccc(COc2ccc(C=NNc3ccc([N+](=O)[O-])cn3)cc2Br)cc1. The summed E-state index contributed by atoms with van der Waals surface area (Å²) >= 11 is 3.45. The summed E-state index contributed by atoms with van der Waals surface area (Å²) in [5, 5.41) is 23.6. The highest BCUT2D eigenvalue weighted by molar-refractivity contribution is 9.10. The molecule has 30 heavy (non-hydrogen) atoms. The van der Waals surface area contributed by atoms with Gasteiger partial charge in [-0.05, 0) is 63.5 Å². The summed E-state index contributed by atoms with van der Waals surface area (Å²) in [7, 11) is 0. The quantitative estimate of drug-likeness (QED) is 0.282. The molecule has 3 rings (SSSR count). The van der Waals surface area contributed by atoms with Crippen molar-refractivity contribution in [2.24, 2.45) is 5.10 Å². The van der Waals surface area contributed by atoms with Gasteiger partial charge in [-0.1, -0.05) is 12.1 Å². The number of rotatable bonds is 8. The molecule has 9 nitrogen and oxygen atoms in total. The van der Waals surface area contributed by atoms with Gasteiger partial charge in [0, 0.05) is 6.07 Å². The summed E-state index contributed by atoms with van der Waals surface area (Å²) in [5.41, 5.74) is 4.46. The highest BCUT2D eigenvalue weighted by Gasteiger charge is 2.06. The molecular weight excluding hydrogens is 456 g/mol. The molecule has 1 aromatic heterocycles. The van der Waals surface area contributed by atoms with Crippen LogP contribution in [0, 0.1) is 10.1 Å². The van der Waals surface area contributed by atoms with Crippen molar-refractivity contribution in [1.82, 2.24) is 4.98 Å². The Morgan fingerprint density at radius 1 is 1.23 bits per heavy atom. The molecule has 0 saturated carbocycles. The Hall–Kier alpha value is -3.79. The smallest absolute Gasteiger partial charge is 0.335 e. The number of nitrogens with zero attached hydrogens (tertiary/aromatic N) is 3. The van der Waals surface area contributed by atoms with Crippen molar-refractivity contribution in [2.75, 3.05) is 5.43 Å². The van der Waals surface area contributed by atoms with Gasteiger partial charge in [0.25, 0.3) is 5.69 Å². The number of hydrazone groups is 1. The third-order valence-corrected chi connectivity index (χ3v) is 4.52. The first kappa shape index (κ1) is 20.9. The molecule has 0 atom stereocenters. The van der Waals surface area contributed by atoms with Gasteiger partial charge in [-0.25, -0.2) is 9.78 Å². The number of carbonyl (C=O) groups is 1. The van der Waals surface area contributed by atoms with E-state index in [2.05, 4.69) is 31.4 Å². The molecule has 0 radical (unpaired) electrons. The van der Waals surface area contributed by atoms with Crippen LogP contribution in [0.3, 0.4) is 0 Å². The Morgan fingerprint density at radius 3 is 2.60 bits per heavy atom. The van der Waals surface area contributed by atoms with E-state index in [9.17, 15) is 14.9 Å². The summed E-state index contributed by atoms with van der Waals surface area (Å²) in [6.07, 6.45) is 2.72. The highest BCUT2D eigenvalue weighted by atomic mass is 79.9. The molecule has 2 aromatic carbocycles. The van der Waals surface area contributed by atoms with Crippen LogP contribution in [-0.4, -0.2) is 27.2 Å². The predicted molar refractivity (Wildman–Crippen MR) is 114 cm³/mol. The molecule has 0 fully saturated rings. The number of anilines is 1. The van der Waals surface area contributed by atoms with Crippen molar-refractivity contribution in [3.63, 3.8) is 0 Å². The molecular formula is C20H15BrN4O5. The molecule has 0 unspecified atom stereocenters. The van der Waals surface area contributed by atoms with Crippen molar-refractivity contribution in [3.05, 3.63) is 92.1 Å². The number of hydrogen-bond donors (Lipinski definition) is 2. The van der Waals surface area contributed by atoms with E-state index in [0.717, 1.165) is 21.8 Å². The number of pyridine rings is 1. The molecule has 1 heterocycles. The van der Waals surface area contributed by atoms with Crippen molar-refractivity contribution in [3.8, 4) is 5.75 Å². The van der Waals surface area contributed by atoms with Gasteiger partial charge in [-0.3, -0.25) is 15.5 Å². The molecule has 0 bridgehead atoms. The fraction of sp³-hybridized carbons (Fsp3) is 0.0500. The summed E-state index contributed by atoms with van der Waals surface area (Å²) < 4.78 is 6.49. The highest BCUT2D eigenvalue weighted by Crippen LogP contribution is 2.26. The number of carboxylic acids is 1. The van der Waals surface area contributed by atoms with Crippen LogP contribution in [0.4, 0.5) is 11.5 Å². The van der Waals surface area contributed by atoms with Crippen LogP contribution in [0.1, 0.15) is 21.5 Å². The average molecular weight is 471 g/mol. The Kier molecular flexibility index (Phi) is 6.71. The number of benzene rings is 2. The third kappa shape index (κ3) is 5.61. The number of ether oxygens (including phenoxy) is 1. The van der Waals surface area contributed by atoms with Gasteiger partial charge in [0.15, 0.2) is 0 Å². The summed E-state index contributed by atoms with van der Waals surface area (Å²) in [5.74, 6) is 0.0329. The number of nitrogens with one attached hydrogen (secondary N) is 1. The largest absolute Gasteiger partial charge is 0.488 e. The van der Waals surface area contributed by atoms with E-state index in [-0.39, 0.29) is 11.3 Å². The number of aromatic carboxylic acids is 1. The normalized spacial score (nSPS) is 10.7. The fourth-order valence-electron chi connectivity index (χ4n) is 2.35. The van der Waals surface area contributed by atoms with E-state index in [1.165, 1.54) is 24.3 Å². The Labute approximate surface area is 179 Å². The van der Waals surface area contributed by atoms with Gasteiger partial charge in [-0.2, -0.15) is 5.10 Å². The maximum atomic E-state index is 10.9. The molecule has 0 amide bonds. The Bertz CT molecular complexity index is 1090. The minimum Gasteiger partial charge on any atom is -0.488 e. The number of carboxylic acid groups (broad SMARTS) is 1. The zero-order valence-electron chi connectivity index (χ0n) is 15.4. The van der Waals surface area contributed by atoms with Gasteiger partial charge in [0.05, 0.1) is 21.2 Å². The van der Waals surface area contributed by atoms with Crippen LogP contribution in [-0.2, 0) is 6.61 Å². The minimum absolute atomic E-state index is 0.0955. The van der Waals surface area contributed by atoms with Crippen LogP contribution in [0.5, 0.6) is 5.75 Å². The first-order chi connectivity index (χ1) is 14.4. The first-order valence-electron chi connectivity index (χ1n) is 8.56. The maximum absolute atomic E-state index is 10.9. The lowest BCUT2D eigenvalue weighted by Gasteiger charge is -2.09. The molecule has 3 aromatic rings. The molecule has 2 N–H and O–H groups in total. The number of hydrogen-bond acceptors (Lipinski definition) is 7. The van der Waals surface area contributed by atoms with E-state index in [1.54, 1.807) is 24.4 Å². The van der Waals surface area contributed by atoms with Gasteiger partial charge < -0.3 is 9.84 Å². The van der Waals surface area contributed by atoms with E-state index in [0.29, 0.717) is 18.2 Å². The van der Waals surface area contributed by atoms with Gasteiger partial charge in [-0.15, -0.1) is 0 Å². The number of halogens is 1. The Morgan fingerprint density at radius 2 is 2.00 bits per heavy atom. The monoisotopic (exact) mass is 470 g/mol. The Balaban J connectivity index is 1.57. The van der Waals surface area contributed by atoms with E-state index >= 15 is 0 Å². The lowest BCUT2D eigenvalue weighted by Crippen LogP contribution is -1.99. The van der Waals surface area contributed by atoms with E-state index in [1.807, 2.05) is 12.1 Å². The molecule has 152 valence electrons. The van der Waals surface area contributed by atoms with Crippen molar-refractivity contribution < 1.29 is 19.6 Å². The standard InChI is InChI=1S/C20H15BrN4O5/c21-17-9-14(10-23-24-19-8-6-16(11-22-19)25(28)29)3-7-18(17)30-12-13-1-4-15(5-2-13)20(26)27/h1-11H,12H2,(H,22,24)(H,26,27). The topological polar surface area (TPSA) is 127 Å². The van der Waals surface area contributed by atoms with Gasteiger partial charge in [0.1, 0.15) is 24.4 Å². The van der Waals surface area contributed by atoms with Crippen LogP contribution in [0.25, 0.3) is 0 Å². The third-order valence-electron chi connectivity index (χ3n) is 3.90. The van der Waals surface area contributed by atoms with E-state index in [4.69, 9.17) is 9.84 Å². The first-order valence-corrected chi connectivity index (χ1v) is 9.36. The number of aromatic nitrogens is 1. The number of nitro groups is 1. The second-order valence-electron chi connectivity index (χ2n) is 6.01. The van der Waals surface area contributed by atoms with Gasteiger partial charge in [0.2, 0.25) is 0 Å². The minimum atomic E-state index is -0.971. The zero-order valence-corrected chi connectivity index (χ0v) is 16.9. The van der Waals surface area contributed by atoms with Crippen molar-refractivity contribution in [1.29, 1.82) is 0 Å². The molecule has 10 heteroatoms. The fourth-order valence-corrected chi connectivity index (χ4v) is 2.86. The van der Waals surface area contributed by atoms with E-state index < -0.39 is 10.9 Å². The van der Waals surface area contributed by atoms with Crippen LogP contribution in [0.2, 0.25) is 0 Å². The molecule has 0 aliphatic rings. The maximum Gasteiger partial charge on any atom is 0.335 e. The van der Waals surface area contributed by atoms with Crippen LogP contribution in [0.15, 0.2) is 70.4 Å². The zero-order chi connectivity index (χ0) is 21.5. The molecule has 0 spiro atoms. The molecule has 0 saturated heterocycles. The molecule has 0 aliphatic carbocycles. The van der Waals surface area contributed by atoms with Crippen molar-refractivity contribution in [2.45, 2.75) is 6.61 Å².